The standard InChI is InChI=1S/C16H20ClNO2/c1-4-18-9-14-8-13(12(3)20-14)10-19-16-7-11(2)5-6-15(16)17/h5-8,18H,4,9-10H2,1-3H3. The van der Waals surface area contributed by atoms with E-state index in [0.29, 0.717) is 17.4 Å². The normalized spacial score (nSPS) is 10.8. The van der Waals surface area contributed by atoms with E-state index in [0.717, 1.165) is 35.7 Å². The summed E-state index contributed by atoms with van der Waals surface area (Å²) in [6.07, 6.45) is 0. The van der Waals surface area contributed by atoms with Crippen molar-refractivity contribution in [1.29, 1.82) is 0 Å². The van der Waals surface area contributed by atoms with Crippen LogP contribution in [0.3, 0.4) is 0 Å². The molecule has 0 aliphatic rings. The van der Waals surface area contributed by atoms with E-state index in [4.69, 9.17) is 20.8 Å². The Kier molecular flexibility index (Phi) is 5.10. The van der Waals surface area contributed by atoms with Gasteiger partial charge in [0.1, 0.15) is 23.9 Å². The molecule has 0 amide bonds. The topological polar surface area (TPSA) is 34.4 Å². The molecule has 20 heavy (non-hydrogen) atoms. The SMILES string of the molecule is CCNCc1cc(COc2cc(C)ccc2Cl)c(C)o1. The summed E-state index contributed by atoms with van der Waals surface area (Å²) < 4.78 is 11.5. The monoisotopic (exact) mass is 293 g/mol. The zero-order valence-corrected chi connectivity index (χ0v) is 12.9. The maximum absolute atomic E-state index is 6.12. The van der Waals surface area contributed by atoms with Crippen LogP contribution in [0.1, 0.15) is 29.6 Å². The third kappa shape index (κ3) is 3.78. The second-order valence-corrected chi connectivity index (χ2v) is 5.20. The number of furan rings is 1. The number of nitrogens with one attached hydrogen (secondary N) is 1. The predicted molar refractivity (Wildman–Crippen MR) is 81.3 cm³/mol. The fourth-order valence-corrected chi connectivity index (χ4v) is 2.12. The Hall–Kier alpha value is -1.45. The molecule has 4 heteroatoms. The number of aryl methyl sites for hydroxylation is 2. The van der Waals surface area contributed by atoms with Crippen LogP contribution in [-0.4, -0.2) is 6.54 Å². The molecule has 1 aromatic heterocycles. The van der Waals surface area contributed by atoms with Gasteiger partial charge in [0.15, 0.2) is 0 Å². The lowest BCUT2D eigenvalue weighted by molar-refractivity contribution is 0.303. The molecule has 0 aliphatic carbocycles. The molecule has 0 radical (unpaired) electrons. The molecular weight excluding hydrogens is 274 g/mol. The van der Waals surface area contributed by atoms with Crippen LogP contribution in [0.25, 0.3) is 0 Å². The summed E-state index contributed by atoms with van der Waals surface area (Å²) in [5.74, 6) is 2.53. The van der Waals surface area contributed by atoms with Crippen molar-refractivity contribution in [2.45, 2.75) is 33.9 Å². The molecule has 2 aromatic rings. The molecule has 1 N–H and O–H groups in total. The first-order valence-electron chi connectivity index (χ1n) is 6.78. The van der Waals surface area contributed by atoms with Crippen LogP contribution < -0.4 is 10.1 Å². The first-order valence-corrected chi connectivity index (χ1v) is 7.15. The van der Waals surface area contributed by atoms with Crippen molar-refractivity contribution in [3.05, 3.63) is 51.9 Å². The van der Waals surface area contributed by atoms with E-state index < -0.39 is 0 Å². The molecule has 0 atom stereocenters. The Morgan fingerprint density at radius 2 is 2.05 bits per heavy atom. The third-order valence-electron chi connectivity index (χ3n) is 3.09. The summed E-state index contributed by atoms with van der Waals surface area (Å²) in [5.41, 5.74) is 2.18. The molecule has 0 saturated carbocycles. The van der Waals surface area contributed by atoms with Gasteiger partial charge in [0, 0.05) is 5.56 Å². The number of hydrogen-bond acceptors (Lipinski definition) is 3. The van der Waals surface area contributed by atoms with E-state index in [-0.39, 0.29) is 0 Å². The summed E-state index contributed by atoms with van der Waals surface area (Å²) in [6, 6.07) is 7.79. The number of benzene rings is 1. The van der Waals surface area contributed by atoms with Gasteiger partial charge in [0.05, 0.1) is 11.6 Å². The highest BCUT2D eigenvalue weighted by Gasteiger charge is 2.09. The van der Waals surface area contributed by atoms with E-state index >= 15 is 0 Å². The molecule has 0 unspecified atom stereocenters. The fourth-order valence-electron chi connectivity index (χ4n) is 1.94. The summed E-state index contributed by atoms with van der Waals surface area (Å²) in [4.78, 5) is 0. The van der Waals surface area contributed by atoms with Crippen LogP contribution in [0.4, 0.5) is 0 Å². The number of rotatable bonds is 6. The second kappa shape index (κ2) is 6.82. The smallest absolute Gasteiger partial charge is 0.138 e. The van der Waals surface area contributed by atoms with Gasteiger partial charge in [-0.25, -0.2) is 0 Å². The Balaban J connectivity index is 2.03. The van der Waals surface area contributed by atoms with Gasteiger partial charge in [-0.15, -0.1) is 0 Å². The van der Waals surface area contributed by atoms with Crippen molar-refractivity contribution in [2.24, 2.45) is 0 Å². The summed E-state index contributed by atoms with van der Waals surface area (Å²) in [7, 11) is 0. The molecule has 0 spiro atoms. The fraction of sp³-hybridized carbons (Fsp3) is 0.375. The highest BCUT2D eigenvalue weighted by molar-refractivity contribution is 6.32. The van der Waals surface area contributed by atoms with Crippen molar-refractivity contribution in [3.8, 4) is 5.75 Å². The highest BCUT2D eigenvalue weighted by Crippen LogP contribution is 2.27. The van der Waals surface area contributed by atoms with E-state index in [1.54, 1.807) is 0 Å². The lowest BCUT2D eigenvalue weighted by atomic mass is 10.2. The van der Waals surface area contributed by atoms with Crippen molar-refractivity contribution in [2.75, 3.05) is 6.54 Å². The zero-order chi connectivity index (χ0) is 14.5. The number of ether oxygens (including phenoxy) is 1. The van der Waals surface area contributed by atoms with Gasteiger partial charge in [-0.05, 0) is 44.2 Å². The first-order chi connectivity index (χ1) is 9.60. The van der Waals surface area contributed by atoms with Gasteiger partial charge in [-0.1, -0.05) is 24.6 Å². The Bertz CT molecular complexity index is 578. The van der Waals surface area contributed by atoms with Crippen LogP contribution >= 0.6 is 11.6 Å². The van der Waals surface area contributed by atoms with Crippen molar-refractivity contribution < 1.29 is 9.15 Å². The average molecular weight is 294 g/mol. The molecule has 1 heterocycles. The lowest BCUT2D eigenvalue weighted by Crippen LogP contribution is -2.10. The van der Waals surface area contributed by atoms with E-state index in [1.165, 1.54) is 0 Å². The maximum Gasteiger partial charge on any atom is 0.138 e. The third-order valence-corrected chi connectivity index (χ3v) is 3.40. The zero-order valence-electron chi connectivity index (χ0n) is 12.1. The molecule has 108 valence electrons. The second-order valence-electron chi connectivity index (χ2n) is 4.80. The van der Waals surface area contributed by atoms with Crippen LogP contribution in [0.5, 0.6) is 5.75 Å². The maximum atomic E-state index is 6.12. The van der Waals surface area contributed by atoms with Crippen LogP contribution in [0, 0.1) is 13.8 Å². The first kappa shape index (κ1) is 14.9. The van der Waals surface area contributed by atoms with Gasteiger partial charge in [0.25, 0.3) is 0 Å². The summed E-state index contributed by atoms with van der Waals surface area (Å²) >= 11 is 6.12. The summed E-state index contributed by atoms with van der Waals surface area (Å²) in [6.45, 7) is 8.16. The van der Waals surface area contributed by atoms with Gasteiger partial charge in [-0.2, -0.15) is 0 Å². The van der Waals surface area contributed by atoms with Crippen LogP contribution in [0.2, 0.25) is 5.02 Å². The molecule has 0 saturated heterocycles. The minimum atomic E-state index is 0.463. The molecule has 0 fully saturated rings. The predicted octanol–water partition coefficient (Wildman–Crippen LogP) is 4.24. The Labute approximate surface area is 124 Å². The lowest BCUT2D eigenvalue weighted by Gasteiger charge is -2.08. The molecular formula is C16H20ClNO2. The van der Waals surface area contributed by atoms with Crippen molar-refractivity contribution in [1.82, 2.24) is 5.32 Å². The van der Waals surface area contributed by atoms with E-state index in [1.807, 2.05) is 38.1 Å². The van der Waals surface area contributed by atoms with E-state index in [9.17, 15) is 0 Å². The van der Waals surface area contributed by atoms with Gasteiger partial charge >= 0.3 is 0 Å². The summed E-state index contributed by atoms with van der Waals surface area (Å²) in [5, 5.41) is 3.87. The molecule has 3 nitrogen and oxygen atoms in total. The van der Waals surface area contributed by atoms with E-state index in [2.05, 4.69) is 12.2 Å². The molecule has 0 bridgehead atoms. The average Bonchev–Trinajstić information content (AvgIpc) is 2.78. The van der Waals surface area contributed by atoms with Gasteiger partial charge in [0.2, 0.25) is 0 Å². The van der Waals surface area contributed by atoms with Crippen LogP contribution in [0.15, 0.2) is 28.7 Å². The molecule has 1 aromatic carbocycles. The largest absolute Gasteiger partial charge is 0.487 e. The molecule has 2 rings (SSSR count). The quantitative estimate of drug-likeness (QED) is 0.865. The minimum absolute atomic E-state index is 0.463. The molecule has 0 aliphatic heterocycles. The van der Waals surface area contributed by atoms with Crippen molar-refractivity contribution >= 4 is 11.6 Å². The van der Waals surface area contributed by atoms with Gasteiger partial charge < -0.3 is 14.5 Å². The van der Waals surface area contributed by atoms with Gasteiger partial charge in [-0.3, -0.25) is 0 Å². The Morgan fingerprint density at radius 3 is 2.80 bits per heavy atom. The minimum Gasteiger partial charge on any atom is -0.487 e. The van der Waals surface area contributed by atoms with Crippen LogP contribution in [-0.2, 0) is 13.2 Å². The number of halogens is 1. The Morgan fingerprint density at radius 1 is 1.25 bits per heavy atom. The van der Waals surface area contributed by atoms with Crippen molar-refractivity contribution in [3.63, 3.8) is 0 Å². The highest BCUT2D eigenvalue weighted by atomic mass is 35.5. The number of hydrogen-bond donors (Lipinski definition) is 1.